The van der Waals surface area contributed by atoms with Gasteiger partial charge in [0.1, 0.15) is 6.61 Å². The molecule has 0 aromatic rings. The summed E-state index contributed by atoms with van der Waals surface area (Å²) in [7, 11) is 0. The molecule has 6 heteroatoms. The first kappa shape index (κ1) is 14.8. The molecule has 1 atom stereocenters. The summed E-state index contributed by atoms with van der Waals surface area (Å²) in [4.78, 5) is 34.8. The van der Waals surface area contributed by atoms with Crippen molar-refractivity contribution in [1.82, 2.24) is 4.90 Å². The van der Waals surface area contributed by atoms with E-state index >= 15 is 0 Å². The molecule has 1 aliphatic rings. The average molecular weight is 257 g/mol. The second-order valence-electron chi connectivity index (χ2n) is 4.36. The number of nitrogens with zero attached hydrogens (tertiary/aromatic N) is 1. The monoisotopic (exact) mass is 257 g/mol. The zero-order valence-electron chi connectivity index (χ0n) is 10.8. The van der Waals surface area contributed by atoms with Crippen LogP contribution in [0.15, 0.2) is 0 Å². The Hall–Kier alpha value is -1.27. The predicted octanol–water partition coefficient (Wildman–Crippen LogP) is 0.00360. The molecule has 0 radical (unpaired) electrons. The number of amides is 2. The van der Waals surface area contributed by atoms with Gasteiger partial charge in [0, 0.05) is 12.3 Å². The van der Waals surface area contributed by atoms with Crippen LogP contribution in [-0.2, 0) is 23.9 Å². The lowest BCUT2D eigenvalue weighted by molar-refractivity contribution is -0.140. The van der Waals surface area contributed by atoms with Gasteiger partial charge in [0.05, 0.1) is 26.4 Å². The third-order valence-electron chi connectivity index (χ3n) is 2.61. The van der Waals surface area contributed by atoms with Crippen LogP contribution in [0.2, 0.25) is 0 Å². The minimum Gasteiger partial charge on any atom is -0.377 e. The van der Waals surface area contributed by atoms with Crippen molar-refractivity contribution in [1.29, 1.82) is 0 Å². The Morgan fingerprint density at radius 3 is 2.50 bits per heavy atom. The molecule has 1 rings (SSSR count). The molecule has 6 nitrogen and oxygen atoms in total. The van der Waals surface area contributed by atoms with Crippen molar-refractivity contribution in [2.45, 2.75) is 20.3 Å². The van der Waals surface area contributed by atoms with Gasteiger partial charge in [-0.1, -0.05) is 6.92 Å². The summed E-state index contributed by atoms with van der Waals surface area (Å²) in [5, 5.41) is 0. The summed E-state index contributed by atoms with van der Waals surface area (Å²) in [6, 6.07) is 0. The van der Waals surface area contributed by atoms with Crippen LogP contribution in [0.25, 0.3) is 0 Å². The lowest BCUT2D eigenvalue weighted by atomic mass is 10.1. The second-order valence-corrected chi connectivity index (χ2v) is 4.36. The van der Waals surface area contributed by atoms with Gasteiger partial charge in [-0.25, -0.2) is 0 Å². The third-order valence-corrected chi connectivity index (χ3v) is 2.61. The number of rotatable bonds is 8. The van der Waals surface area contributed by atoms with Crippen LogP contribution in [-0.4, -0.2) is 55.5 Å². The van der Waals surface area contributed by atoms with Gasteiger partial charge in [-0.05, 0) is 6.92 Å². The van der Waals surface area contributed by atoms with Crippen molar-refractivity contribution < 1.29 is 23.9 Å². The maximum atomic E-state index is 11.5. The number of Topliss-reactive ketones (excluding diaryl/α,β-unsaturated/α-hetero) is 1. The zero-order chi connectivity index (χ0) is 13.5. The molecule has 0 aliphatic carbocycles. The average Bonchev–Trinajstić information content (AvgIpc) is 2.53. The van der Waals surface area contributed by atoms with Crippen molar-refractivity contribution in [2.24, 2.45) is 5.92 Å². The van der Waals surface area contributed by atoms with Crippen molar-refractivity contribution >= 4 is 17.6 Å². The van der Waals surface area contributed by atoms with Crippen LogP contribution in [0.1, 0.15) is 20.3 Å². The maximum absolute atomic E-state index is 11.5. The molecular formula is C12H19NO5. The van der Waals surface area contributed by atoms with Crippen LogP contribution in [0.4, 0.5) is 0 Å². The Morgan fingerprint density at radius 2 is 1.94 bits per heavy atom. The first-order valence-corrected chi connectivity index (χ1v) is 6.01. The van der Waals surface area contributed by atoms with E-state index in [1.807, 2.05) is 0 Å². The fourth-order valence-corrected chi connectivity index (χ4v) is 1.67. The van der Waals surface area contributed by atoms with Crippen LogP contribution >= 0.6 is 0 Å². The molecule has 18 heavy (non-hydrogen) atoms. The Balaban J connectivity index is 2.06. The fraction of sp³-hybridized carbons (Fsp3) is 0.750. The molecule has 0 saturated carbocycles. The Kier molecular flexibility index (Phi) is 5.94. The van der Waals surface area contributed by atoms with E-state index in [1.54, 1.807) is 6.92 Å². The normalized spacial score (nSPS) is 19.7. The number of carbonyl (C=O) groups excluding carboxylic acids is 3. The molecule has 2 amide bonds. The molecule has 102 valence electrons. The molecule has 0 spiro atoms. The number of likely N-dealkylation sites (tertiary alicyclic amines) is 1. The molecule has 1 unspecified atom stereocenters. The van der Waals surface area contributed by atoms with Crippen molar-refractivity contribution in [3.63, 3.8) is 0 Å². The van der Waals surface area contributed by atoms with Gasteiger partial charge in [0.25, 0.3) is 0 Å². The fourth-order valence-electron chi connectivity index (χ4n) is 1.67. The summed E-state index contributed by atoms with van der Waals surface area (Å²) in [5.41, 5.74) is 0. The molecule has 1 saturated heterocycles. The van der Waals surface area contributed by atoms with Gasteiger partial charge < -0.3 is 9.47 Å². The van der Waals surface area contributed by atoms with Crippen molar-refractivity contribution in [3.05, 3.63) is 0 Å². The lowest BCUT2D eigenvalue weighted by Crippen LogP contribution is -2.33. The van der Waals surface area contributed by atoms with E-state index in [0.29, 0.717) is 26.2 Å². The molecule has 0 aromatic carbocycles. The minimum atomic E-state index is -0.212. The highest BCUT2D eigenvalue weighted by molar-refractivity contribution is 6.03. The quantitative estimate of drug-likeness (QED) is 0.452. The SMILES string of the molecule is CC(=O)COCCOCCN1C(=O)CC(C)C1=O. The van der Waals surface area contributed by atoms with Crippen LogP contribution < -0.4 is 0 Å². The van der Waals surface area contributed by atoms with Crippen molar-refractivity contribution in [2.75, 3.05) is 33.0 Å². The van der Waals surface area contributed by atoms with Gasteiger partial charge in [0.15, 0.2) is 5.78 Å². The van der Waals surface area contributed by atoms with Gasteiger partial charge in [-0.15, -0.1) is 0 Å². The lowest BCUT2D eigenvalue weighted by Gasteiger charge is -2.14. The molecular weight excluding hydrogens is 238 g/mol. The highest BCUT2D eigenvalue weighted by Gasteiger charge is 2.34. The number of ketones is 1. The van der Waals surface area contributed by atoms with Gasteiger partial charge in [-0.3, -0.25) is 19.3 Å². The molecule has 1 fully saturated rings. The van der Waals surface area contributed by atoms with E-state index in [1.165, 1.54) is 11.8 Å². The van der Waals surface area contributed by atoms with E-state index in [-0.39, 0.29) is 36.7 Å². The highest BCUT2D eigenvalue weighted by atomic mass is 16.5. The largest absolute Gasteiger partial charge is 0.377 e. The summed E-state index contributed by atoms with van der Waals surface area (Å²) in [6.45, 7) is 4.55. The first-order chi connectivity index (χ1) is 8.52. The molecule has 0 bridgehead atoms. The van der Waals surface area contributed by atoms with E-state index in [2.05, 4.69) is 0 Å². The predicted molar refractivity (Wildman–Crippen MR) is 62.8 cm³/mol. The minimum absolute atomic E-state index is 0.0303. The van der Waals surface area contributed by atoms with E-state index < -0.39 is 0 Å². The Labute approximate surface area is 106 Å². The topological polar surface area (TPSA) is 72.9 Å². The molecule has 1 heterocycles. The highest BCUT2D eigenvalue weighted by Crippen LogP contribution is 2.17. The van der Waals surface area contributed by atoms with E-state index in [0.717, 1.165) is 0 Å². The Bertz CT molecular complexity index is 328. The number of hydrogen-bond acceptors (Lipinski definition) is 5. The first-order valence-electron chi connectivity index (χ1n) is 6.01. The van der Waals surface area contributed by atoms with E-state index in [4.69, 9.17) is 9.47 Å². The summed E-state index contributed by atoms with van der Waals surface area (Å²) >= 11 is 0. The van der Waals surface area contributed by atoms with Crippen LogP contribution in [0.5, 0.6) is 0 Å². The number of carbonyl (C=O) groups is 3. The molecule has 1 aliphatic heterocycles. The van der Waals surface area contributed by atoms with Gasteiger partial charge >= 0.3 is 0 Å². The summed E-state index contributed by atoms with van der Waals surface area (Å²) < 4.78 is 10.2. The third kappa shape index (κ3) is 4.54. The molecule has 0 aromatic heterocycles. The maximum Gasteiger partial charge on any atom is 0.232 e. The number of hydrogen-bond donors (Lipinski definition) is 0. The van der Waals surface area contributed by atoms with Gasteiger partial charge in [0.2, 0.25) is 11.8 Å². The van der Waals surface area contributed by atoms with Crippen LogP contribution in [0, 0.1) is 5.92 Å². The number of ether oxygens (including phenoxy) is 2. The summed E-state index contributed by atoms with van der Waals surface area (Å²) in [5.74, 6) is -0.506. The smallest absolute Gasteiger partial charge is 0.232 e. The summed E-state index contributed by atoms with van der Waals surface area (Å²) in [6.07, 6.45) is 0.292. The number of imide groups is 1. The van der Waals surface area contributed by atoms with Crippen LogP contribution in [0.3, 0.4) is 0 Å². The standard InChI is InChI=1S/C12H19NO5/c1-9-7-11(15)13(12(9)16)3-4-17-5-6-18-8-10(2)14/h9H,3-8H2,1-2H3. The van der Waals surface area contributed by atoms with Gasteiger partial charge in [-0.2, -0.15) is 0 Å². The second kappa shape index (κ2) is 7.23. The molecule has 0 N–H and O–H groups in total. The van der Waals surface area contributed by atoms with Crippen molar-refractivity contribution in [3.8, 4) is 0 Å². The Morgan fingerprint density at radius 1 is 1.28 bits per heavy atom. The zero-order valence-corrected chi connectivity index (χ0v) is 10.8. The van der Waals surface area contributed by atoms with E-state index in [9.17, 15) is 14.4 Å².